The van der Waals surface area contributed by atoms with E-state index in [4.69, 9.17) is 4.74 Å². The first-order valence-electron chi connectivity index (χ1n) is 6.60. The summed E-state index contributed by atoms with van der Waals surface area (Å²) in [6, 6.07) is 11.6. The molecule has 0 heterocycles. The molecule has 0 bridgehead atoms. The normalized spacial score (nSPS) is 9.96. The Balaban J connectivity index is 1.96. The second-order valence-electron chi connectivity index (χ2n) is 4.57. The summed E-state index contributed by atoms with van der Waals surface area (Å²) in [6.45, 7) is -0.00438. The average Bonchev–Trinajstić information content (AvgIpc) is 2.59. The number of nitro benzene ring substituents is 1. The summed E-state index contributed by atoms with van der Waals surface area (Å²) < 4.78 is 9.68. The number of esters is 2. The Bertz CT molecular complexity index is 721. The van der Waals surface area contributed by atoms with E-state index in [1.54, 1.807) is 0 Å². The Morgan fingerprint density at radius 3 is 1.96 bits per heavy atom. The van der Waals surface area contributed by atoms with Gasteiger partial charge in [-0.05, 0) is 42.0 Å². The number of nitrogens with zero attached hydrogens (tertiary/aromatic N) is 1. The predicted octanol–water partition coefficient (Wildman–Crippen LogP) is 2.74. The molecule has 0 aliphatic heterocycles. The molecule has 2 aromatic rings. The Kier molecular flexibility index (Phi) is 5.03. The Labute approximate surface area is 131 Å². The van der Waals surface area contributed by atoms with Crippen molar-refractivity contribution in [3.05, 3.63) is 75.3 Å². The van der Waals surface area contributed by atoms with Crippen LogP contribution in [0.25, 0.3) is 0 Å². The van der Waals surface area contributed by atoms with Crippen LogP contribution in [-0.2, 0) is 16.1 Å². The van der Waals surface area contributed by atoms with Crippen molar-refractivity contribution < 1.29 is 24.0 Å². The highest BCUT2D eigenvalue weighted by Crippen LogP contribution is 2.13. The first-order valence-corrected chi connectivity index (χ1v) is 6.60. The number of hydrogen-bond donors (Lipinski definition) is 0. The molecule has 7 heteroatoms. The molecule has 0 amide bonds. The van der Waals surface area contributed by atoms with Crippen LogP contribution >= 0.6 is 0 Å². The molecule has 0 fully saturated rings. The molecule has 0 aliphatic rings. The Morgan fingerprint density at radius 2 is 1.48 bits per heavy atom. The van der Waals surface area contributed by atoms with Crippen LogP contribution < -0.4 is 0 Å². The fraction of sp³-hybridized carbons (Fsp3) is 0.125. The maximum Gasteiger partial charge on any atom is 0.338 e. The van der Waals surface area contributed by atoms with Crippen LogP contribution in [0.4, 0.5) is 5.69 Å². The van der Waals surface area contributed by atoms with Gasteiger partial charge < -0.3 is 9.47 Å². The van der Waals surface area contributed by atoms with Crippen molar-refractivity contribution in [1.29, 1.82) is 0 Å². The summed E-state index contributed by atoms with van der Waals surface area (Å²) in [7, 11) is 1.27. The molecule has 0 unspecified atom stereocenters. The second-order valence-corrected chi connectivity index (χ2v) is 4.57. The van der Waals surface area contributed by atoms with Crippen molar-refractivity contribution in [2.75, 3.05) is 7.11 Å². The fourth-order valence-corrected chi connectivity index (χ4v) is 1.81. The highest BCUT2D eigenvalue weighted by molar-refractivity contribution is 5.93. The van der Waals surface area contributed by atoms with E-state index < -0.39 is 16.9 Å². The zero-order valence-corrected chi connectivity index (χ0v) is 12.2. The van der Waals surface area contributed by atoms with E-state index in [0.717, 1.165) is 0 Å². The number of benzene rings is 2. The van der Waals surface area contributed by atoms with E-state index in [0.29, 0.717) is 16.7 Å². The minimum absolute atomic E-state index is 0.00438. The lowest BCUT2D eigenvalue weighted by atomic mass is 10.1. The predicted molar refractivity (Wildman–Crippen MR) is 80.0 cm³/mol. The lowest BCUT2D eigenvalue weighted by Gasteiger charge is -2.05. The second kappa shape index (κ2) is 7.17. The molecule has 7 nitrogen and oxygen atoms in total. The molecule has 0 saturated carbocycles. The van der Waals surface area contributed by atoms with Gasteiger partial charge in [-0.2, -0.15) is 0 Å². The topological polar surface area (TPSA) is 95.7 Å². The van der Waals surface area contributed by atoms with Gasteiger partial charge in [0.25, 0.3) is 5.69 Å². The van der Waals surface area contributed by atoms with Crippen molar-refractivity contribution >= 4 is 17.6 Å². The summed E-state index contributed by atoms with van der Waals surface area (Å²) in [4.78, 5) is 33.2. The van der Waals surface area contributed by atoms with Crippen LogP contribution in [0.3, 0.4) is 0 Å². The maximum absolute atomic E-state index is 11.9. The number of methoxy groups -OCH3 is 1. The molecular weight excluding hydrogens is 302 g/mol. The van der Waals surface area contributed by atoms with Gasteiger partial charge in [0.1, 0.15) is 6.61 Å². The molecule has 0 saturated heterocycles. The van der Waals surface area contributed by atoms with Gasteiger partial charge in [0.2, 0.25) is 0 Å². The maximum atomic E-state index is 11.9. The number of hydrogen-bond acceptors (Lipinski definition) is 6. The highest BCUT2D eigenvalue weighted by atomic mass is 16.6. The zero-order chi connectivity index (χ0) is 16.8. The van der Waals surface area contributed by atoms with Gasteiger partial charge in [-0.15, -0.1) is 0 Å². The molecule has 0 radical (unpaired) electrons. The van der Waals surface area contributed by atoms with E-state index in [2.05, 4.69) is 4.74 Å². The molecule has 23 heavy (non-hydrogen) atoms. The minimum Gasteiger partial charge on any atom is -0.465 e. The lowest BCUT2D eigenvalue weighted by molar-refractivity contribution is -0.384. The van der Waals surface area contributed by atoms with Crippen LogP contribution in [0.1, 0.15) is 26.3 Å². The molecule has 118 valence electrons. The van der Waals surface area contributed by atoms with E-state index in [1.807, 2.05) is 0 Å². The van der Waals surface area contributed by atoms with Crippen molar-refractivity contribution in [3.8, 4) is 0 Å². The smallest absolute Gasteiger partial charge is 0.338 e. The fourth-order valence-electron chi connectivity index (χ4n) is 1.81. The van der Waals surface area contributed by atoms with Crippen LogP contribution in [0.5, 0.6) is 0 Å². The highest BCUT2D eigenvalue weighted by Gasteiger charge is 2.11. The number of rotatable bonds is 5. The van der Waals surface area contributed by atoms with Crippen LogP contribution in [0, 0.1) is 10.1 Å². The van der Waals surface area contributed by atoms with E-state index >= 15 is 0 Å². The largest absolute Gasteiger partial charge is 0.465 e. The Hall–Kier alpha value is -3.22. The molecule has 0 aliphatic carbocycles. The minimum atomic E-state index is -0.556. The third kappa shape index (κ3) is 4.13. The monoisotopic (exact) mass is 315 g/mol. The van der Waals surface area contributed by atoms with Crippen molar-refractivity contribution in [3.63, 3.8) is 0 Å². The standard InChI is InChI=1S/C16H13NO6/c1-22-15(18)12-4-6-13(7-5-12)16(19)23-10-11-2-8-14(9-3-11)17(20)21/h2-9H,10H2,1H3. The number of non-ortho nitro benzene ring substituents is 1. The SMILES string of the molecule is COC(=O)c1ccc(C(=O)OCc2ccc([N+](=O)[O-])cc2)cc1. The molecule has 2 rings (SSSR count). The first kappa shape index (κ1) is 16.2. The molecule has 0 N–H and O–H groups in total. The summed E-state index contributed by atoms with van der Waals surface area (Å²) in [6.07, 6.45) is 0. The van der Waals surface area contributed by atoms with Crippen LogP contribution in [0.15, 0.2) is 48.5 Å². The van der Waals surface area contributed by atoms with Crippen molar-refractivity contribution in [2.45, 2.75) is 6.61 Å². The summed E-state index contributed by atoms with van der Waals surface area (Å²) in [5.41, 5.74) is 1.23. The molecule has 2 aromatic carbocycles. The first-order chi connectivity index (χ1) is 11.0. The third-order valence-electron chi connectivity index (χ3n) is 3.06. The zero-order valence-electron chi connectivity index (χ0n) is 12.2. The van der Waals surface area contributed by atoms with Gasteiger partial charge >= 0.3 is 11.9 Å². The van der Waals surface area contributed by atoms with Crippen molar-refractivity contribution in [1.82, 2.24) is 0 Å². The van der Waals surface area contributed by atoms with Gasteiger partial charge in [0, 0.05) is 12.1 Å². The number of carbonyl (C=O) groups excluding carboxylic acids is 2. The van der Waals surface area contributed by atoms with Gasteiger partial charge in [-0.25, -0.2) is 9.59 Å². The molecule has 0 spiro atoms. The Morgan fingerprint density at radius 1 is 0.957 bits per heavy atom. The molecule has 0 atom stereocenters. The van der Waals surface area contributed by atoms with Gasteiger partial charge in [0.15, 0.2) is 0 Å². The molecule has 0 aromatic heterocycles. The van der Waals surface area contributed by atoms with Crippen LogP contribution in [0.2, 0.25) is 0 Å². The third-order valence-corrected chi connectivity index (χ3v) is 3.06. The summed E-state index contributed by atoms with van der Waals surface area (Å²) in [5.74, 6) is -1.05. The van der Waals surface area contributed by atoms with Crippen molar-refractivity contribution in [2.24, 2.45) is 0 Å². The van der Waals surface area contributed by atoms with E-state index in [-0.39, 0.29) is 12.3 Å². The van der Waals surface area contributed by atoms with E-state index in [1.165, 1.54) is 55.6 Å². The van der Waals surface area contributed by atoms with Gasteiger partial charge in [-0.3, -0.25) is 10.1 Å². The van der Waals surface area contributed by atoms with Gasteiger partial charge in [0.05, 0.1) is 23.2 Å². The quantitative estimate of drug-likeness (QED) is 0.478. The van der Waals surface area contributed by atoms with Crippen LogP contribution in [-0.4, -0.2) is 24.0 Å². The summed E-state index contributed by atoms with van der Waals surface area (Å²) >= 11 is 0. The van der Waals surface area contributed by atoms with Gasteiger partial charge in [-0.1, -0.05) is 0 Å². The lowest BCUT2D eigenvalue weighted by Crippen LogP contribution is -2.06. The average molecular weight is 315 g/mol. The summed E-state index contributed by atoms with van der Waals surface area (Å²) in [5, 5.41) is 10.5. The number of ether oxygens (including phenoxy) is 2. The number of nitro groups is 1. The molecular formula is C16H13NO6. The number of carbonyl (C=O) groups is 2. The van der Waals surface area contributed by atoms with E-state index in [9.17, 15) is 19.7 Å².